The van der Waals surface area contributed by atoms with Crippen molar-refractivity contribution in [3.8, 4) is 0 Å². The van der Waals surface area contributed by atoms with Crippen LogP contribution in [0.3, 0.4) is 0 Å². The van der Waals surface area contributed by atoms with Gasteiger partial charge in [0.2, 0.25) is 0 Å². The molecule has 5 heteroatoms. The van der Waals surface area contributed by atoms with Gasteiger partial charge in [-0.25, -0.2) is 4.98 Å². The van der Waals surface area contributed by atoms with Gasteiger partial charge < -0.3 is 5.11 Å². The molecule has 1 N–H and O–H groups in total. The van der Waals surface area contributed by atoms with Crippen LogP contribution in [0, 0.1) is 0 Å². The Morgan fingerprint density at radius 3 is 2.82 bits per heavy atom. The zero-order chi connectivity index (χ0) is 12.1. The average molecular weight is 265 g/mol. The number of nitrogens with zero attached hydrogens (tertiary/aromatic N) is 1. The Balaban J connectivity index is 1.97. The van der Waals surface area contributed by atoms with Crippen LogP contribution in [0.2, 0.25) is 0 Å². The third-order valence-electron chi connectivity index (χ3n) is 2.08. The fraction of sp³-hybridized carbons (Fsp3) is 0.167. The first-order chi connectivity index (χ1) is 8.24. The van der Waals surface area contributed by atoms with Gasteiger partial charge in [-0.2, -0.15) is 0 Å². The lowest BCUT2D eigenvalue weighted by Crippen LogP contribution is -1.97. The summed E-state index contributed by atoms with van der Waals surface area (Å²) in [6.45, 7) is 0. The molecule has 0 fully saturated rings. The molecular formula is C12H11NO2S2. The lowest BCUT2D eigenvalue weighted by Gasteiger charge is -1.96. The maximum Gasteiger partial charge on any atom is 0.313 e. The molecule has 0 atom stereocenters. The Hall–Kier alpha value is -1.33. The number of thioether (sulfide) groups is 1. The standard InChI is InChI=1S/C12H11NO2S2/c14-11(15)8-17-12-13-10(7-16-12)6-9-4-2-1-3-5-9/h1-5,7H,6,8H2,(H,14,15). The molecular weight excluding hydrogens is 254 g/mol. The van der Waals surface area contributed by atoms with Crippen LogP contribution in [0.25, 0.3) is 0 Å². The van der Waals surface area contributed by atoms with E-state index in [9.17, 15) is 4.79 Å². The molecule has 0 amide bonds. The van der Waals surface area contributed by atoms with Gasteiger partial charge in [0.25, 0.3) is 0 Å². The molecule has 0 bridgehead atoms. The van der Waals surface area contributed by atoms with Crippen LogP contribution >= 0.6 is 23.1 Å². The number of benzene rings is 1. The average Bonchev–Trinajstić information content (AvgIpc) is 2.75. The number of rotatable bonds is 5. The summed E-state index contributed by atoms with van der Waals surface area (Å²) in [7, 11) is 0. The van der Waals surface area contributed by atoms with Crippen LogP contribution < -0.4 is 0 Å². The van der Waals surface area contributed by atoms with Crippen molar-refractivity contribution in [2.24, 2.45) is 0 Å². The molecule has 1 heterocycles. The second kappa shape index (κ2) is 5.84. The number of aromatic nitrogens is 1. The zero-order valence-corrected chi connectivity index (χ0v) is 10.6. The van der Waals surface area contributed by atoms with Gasteiger partial charge >= 0.3 is 5.97 Å². The lowest BCUT2D eigenvalue weighted by molar-refractivity contribution is -0.133. The number of hydrogen-bond acceptors (Lipinski definition) is 4. The van der Waals surface area contributed by atoms with Gasteiger partial charge in [0.15, 0.2) is 4.34 Å². The predicted molar refractivity (Wildman–Crippen MR) is 69.7 cm³/mol. The summed E-state index contributed by atoms with van der Waals surface area (Å²) in [4.78, 5) is 14.8. The predicted octanol–water partition coefficient (Wildman–Crippen LogP) is 2.91. The lowest BCUT2D eigenvalue weighted by atomic mass is 10.1. The maximum atomic E-state index is 10.4. The molecule has 0 saturated carbocycles. The first-order valence-corrected chi connectivity index (χ1v) is 6.93. The molecule has 0 spiro atoms. The maximum absolute atomic E-state index is 10.4. The Morgan fingerprint density at radius 2 is 2.12 bits per heavy atom. The summed E-state index contributed by atoms with van der Waals surface area (Å²) < 4.78 is 0.818. The fourth-order valence-electron chi connectivity index (χ4n) is 1.36. The van der Waals surface area contributed by atoms with Crippen molar-refractivity contribution in [3.63, 3.8) is 0 Å². The second-order valence-corrected chi connectivity index (χ2v) is 5.53. The Kier molecular flexibility index (Phi) is 4.17. The van der Waals surface area contributed by atoms with Crippen molar-refractivity contribution in [3.05, 3.63) is 47.0 Å². The molecule has 0 unspecified atom stereocenters. The van der Waals surface area contributed by atoms with Gasteiger partial charge in [-0.15, -0.1) is 11.3 Å². The summed E-state index contributed by atoms with van der Waals surface area (Å²) in [5, 5.41) is 10.6. The molecule has 2 aromatic rings. The molecule has 17 heavy (non-hydrogen) atoms. The van der Waals surface area contributed by atoms with Gasteiger partial charge in [-0.1, -0.05) is 42.1 Å². The number of carboxylic acids is 1. The summed E-state index contributed by atoms with van der Waals surface area (Å²) in [5.41, 5.74) is 2.21. The topological polar surface area (TPSA) is 50.2 Å². The summed E-state index contributed by atoms with van der Waals surface area (Å²) >= 11 is 2.77. The van der Waals surface area contributed by atoms with E-state index in [0.717, 1.165) is 16.5 Å². The SMILES string of the molecule is O=C(O)CSc1nc(Cc2ccccc2)cs1. The molecule has 1 aromatic carbocycles. The molecule has 3 nitrogen and oxygen atoms in total. The molecule has 0 aliphatic rings. The van der Waals surface area contributed by atoms with E-state index >= 15 is 0 Å². The number of hydrogen-bond donors (Lipinski definition) is 1. The Bertz CT molecular complexity index is 496. The molecule has 0 radical (unpaired) electrons. The minimum Gasteiger partial charge on any atom is -0.481 e. The monoisotopic (exact) mass is 265 g/mol. The number of carbonyl (C=O) groups is 1. The summed E-state index contributed by atoms with van der Waals surface area (Å²) in [6.07, 6.45) is 0.797. The van der Waals surface area contributed by atoms with E-state index in [1.54, 1.807) is 0 Å². The normalized spacial score (nSPS) is 10.4. The Morgan fingerprint density at radius 1 is 1.35 bits per heavy atom. The van der Waals surface area contributed by atoms with Crippen molar-refractivity contribution in [2.45, 2.75) is 10.8 Å². The second-order valence-electron chi connectivity index (χ2n) is 3.45. The smallest absolute Gasteiger partial charge is 0.313 e. The molecule has 1 aromatic heterocycles. The fourth-order valence-corrected chi connectivity index (χ4v) is 2.93. The minimum absolute atomic E-state index is 0.0677. The van der Waals surface area contributed by atoms with Gasteiger partial charge in [0.05, 0.1) is 11.4 Å². The van der Waals surface area contributed by atoms with Crippen LogP contribution in [-0.2, 0) is 11.2 Å². The van der Waals surface area contributed by atoms with Crippen LogP contribution in [-0.4, -0.2) is 21.8 Å². The van der Waals surface area contributed by atoms with Crippen molar-refractivity contribution in [1.82, 2.24) is 4.98 Å². The highest BCUT2D eigenvalue weighted by atomic mass is 32.2. The summed E-state index contributed by atoms with van der Waals surface area (Å²) in [5.74, 6) is -0.743. The highest BCUT2D eigenvalue weighted by molar-refractivity contribution is 8.01. The molecule has 0 aliphatic heterocycles. The van der Waals surface area contributed by atoms with Gasteiger partial charge in [0, 0.05) is 11.8 Å². The molecule has 0 saturated heterocycles. The van der Waals surface area contributed by atoms with Crippen LogP contribution in [0.4, 0.5) is 0 Å². The largest absolute Gasteiger partial charge is 0.481 e. The summed E-state index contributed by atoms with van der Waals surface area (Å²) in [6, 6.07) is 10.1. The van der Waals surface area contributed by atoms with Gasteiger partial charge in [-0.05, 0) is 5.56 Å². The first-order valence-electron chi connectivity index (χ1n) is 5.07. The van der Waals surface area contributed by atoms with Gasteiger partial charge in [0.1, 0.15) is 0 Å². The molecule has 88 valence electrons. The first kappa shape index (κ1) is 12.1. The van der Waals surface area contributed by atoms with E-state index in [0.29, 0.717) is 0 Å². The number of carboxylic acid groups (broad SMARTS) is 1. The minimum atomic E-state index is -0.810. The van der Waals surface area contributed by atoms with E-state index in [1.807, 2.05) is 23.6 Å². The quantitative estimate of drug-likeness (QED) is 0.845. The van der Waals surface area contributed by atoms with E-state index in [-0.39, 0.29) is 5.75 Å². The van der Waals surface area contributed by atoms with E-state index in [1.165, 1.54) is 28.7 Å². The Labute approximate surface area is 108 Å². The number of thiazole rings is 1. The van der Waals surface area contributed by atoms with E-state index in [2.05, 4.69) is 17.1 Å². The van der Waals surface area contributed by atoms with Crippen LogP contribution in [0.1, 0.15) is 11.3 Å². The van der Waals surface area contributed by atoms with Gasteiger partial charge in [-0.3, -0.25) is 4.79 Å². The van der Waals surface area contributed by atoms with Crippen LogP contribution in [0.15, 0.2) is 40.1 Å². The van der Waals surface area contributed by atoms with E-state index in [4.69, 9.17) is 5.11 Å². The molecule has 2 rings (SSSR count). The van der Waals surface area contributed by atoms with Crippen molar-refractivity contribution >= 4 is 29.1 Å². The number of aliphatic carboxylic acids is 1. The zero-order valence-electron chi connectivity index (χ0n) is 9.00. The van der Waals surface area contributed by atoms with Crippen LogP contribution in [0.5, 0.6) is 0 Å². The van der Waals surface area contributed by atoms with E-state index < -0.39 is 5.97 Å². The third kappa shape index (κ3) is 3.87. The van der Waals surface area contributed by atoms with Crippen molar-refractivity contribution < 1.29 is 9.90 Å². The highest BCUT2D eigenvalue weighted by Crippen LogP contribution is 2.23. The van der Waals surface area contributed by atoms with Crippen molar-refractivity contribution in [1.29, 1.82) is 0 Å². The van der Waals surface area contributed by atoms with Crippen molar-refractivity contribution in [2.75, 3.05) is 5.75 Å². The molecule has 0 aliphatic carbocycles. The highest BCUT2D eigenvalue weighted by Gasteiger charge is 2.05. The third-order valence-corrected chi connectivity index (χ3v) is 4.13.